The first-order valence-corrected chi connectivity index (χ1v) is 13.1. The number of alkyl halides is 3. The molecule has 2 rings (SSSR count). The molecule has 1 fully saturated rings. The molecule has 2 aliphatic rings. The number of allylic oxidation sites excluding steroid dienone is 7. The van der Waals surface area contributed by atoms with Gasteiger partial charge in [-0.15, -0.1) is 0 Å². The fourth-order valence-corrected chi connectivity index (χ4v) is 4.17. The summed E-state index contributed by atoms with van der Waals surface area (Å²) >= 11 is 4.14. The van der Waals surface area contributed by atoms with E-state index in [9.17, 15) is 13.2 Å². The highest BCUT2D eigenvalue weighted by molar-refractivity contribution is 7.80. The standard InChI is InChI=1S/C26H39F3N6OS/c1-2-3-8-24(34-19-37)33-15-6-4-5-7-20-18-21(35-31)9-10-22(20)32-16-11-23(30)36-17-14-25(12-13-25)26(27,28)29/h2-3,8-11,16,20,35,37H,1,4-7,12-15,17-19,30-31H2,(H,33,34)/b8-3-,23-11?,32-16?. The van der Waals surface area contributed by atoms with E-state index in [0.717, 1.165) is 55.9 Å². The van der Waals surface area contributed by atoms with Crippen molar-refractivity contribution in [2.75, 3.05) is 19.0 Å². The van der Waals surface area contributed by atoms with E-state index in [4.69, 9.17) is 16.3 Å². The van der Waals surface area contributed by atoms with Crippen LogP contribution in [0.2, 0.25) is 0 Å². The number of nitrogens with two attached hydrogens (primary N) is 2. The topological polar surface area (TPSA) is 110 Å². The SMILES string of the molecule is C=C/C=C\C(=NCS)NCCCCCC1CC(NN)=CC=C1N=CC=C(N)OCCC1(C(F)(F)F)CC1. The minimum atomic E-state index is -4.19. The molecule has 0 aromatic rings. The first kappa shape index (κ1) is 30.6. The molecule has 1 unspecified atom stereocenters. The van der Waals surface area contributed by atoms with Crippen LogP contribution in [0.4, 0.5) is 13.2 Å². The lowest BCUT2D eigenvalue weighted by Crippen LogP contribution is -2.26. The van der Waals surface area contributed by atoms with Crippen molar-refractivity contribution in [3.05, 3.63) is 60.3 Å². The Morgan fingerprint density at radius 3 is 2.70 bits per heavy atom. The Morgan fingerprint density at radius 1 is 1.27 bits per heavy atom. The molecule has 0 aromatic heterocycles. The Bertz CT molecular complexity index is 920. The van der Waals surface area contributed by atoms with E-state index < -0.39 is 11.6 Å². The Labute approximate surface area is 223 Å². The van der Waals surface area contributed by atoms with E-state index in [1.165, 1.54) is 12.3 Å². The summed E-state index contributed by atoms with van der Waals surface area (Å²) in [6.07, 6.45) is 13.0. The summed E-state index contributed by atoms with van der Waals surface area (Å²) in [6, 6.07) is 0. The third-order valence-electron chi connectivity index (χ3n) is 6.46. The van der Waals surface area contributed by atoms with Crippen molar-refractivity contribution in [1.29, 1.82) is 0 Å². The van der Waals surface area contributed by atoms with Crippen LogP contribution >= 0.6 is 12.6 Å². The molecule has 0 spiro atoms. The van der Waals surface area contributed by atoms with Crippen LogP contribution in [0.5, 0.6) is 0 Å². The molecular formula is C26H39F3N6OS. The number of nitrogens with one attached hydrogen (secondary N) is 2. The molecule has 0 aliphatic heterocycles. The molecule has 7 nitrogen and oxygen atoms in total. The van der Waals surface area contributed by atoms with E-state index in [0.29, 0.717) is 5.88 Å². The first-order chi connectivity index (χ1) is 17.7. The zero-order valence-corrected chi connectivity index (χ0v) is 22.0. The van der Waals surface area contributed by atoms with E-state index >= 15 is 0 Å². The van der Waals surface area contributed by atoms with Gasteiger partial charge >= 0.3 is 6.18 Å². The van der Waals surface area contributed by atoms with Crippen LogP contribution in [0.3, 0.4) is 0 Å². The Hall–Kier alpha value is -2.66. The highest BCUT2D eigenvalue weighted by Gasteiger charge is 2.62. The van der Waals surface area contributed by atoms with Gasteiger partial charge < -0.3 is 21.2 Å². The number of amidine groups is 1. The van der Waals surface area contributed by atoms with Crippen LogP contribution in [-0.2, 0) is 4.74 Å². The number of ether oxygens (including phenoxy) is 1. The summed E-state index contributed by atoms with van der Waals surface area (Å²) in [4.78, 5) is 8.80. The predicted octanol–water partition coefficient (Wildman–Crippen LogP) is 5.04. The maximum Gasteiger partial charge on any atom is 0.394 e. The average molecular weight is 541 g/mol. The lowest BCUT2D eigenvalue weighted by Gasteiger charge is -2.22. The summed E-state index contributed by atoms with van der Waals surface area (Å²) in [7, 11) is 0. The normalized spacial score (nSPS) is 20.1. The molecule has 0 bridgehead atoms. The molecule has 6 N–H and O–H groups in total. The molecule has 2 aliphatic carbocycles. The fraction of sp³-hybridized carbons (Fsp3) is 0.538. The van der Waals surface area contributed by atoms with Crippen LogP contribution in [0.15, 0.2) is 70.3 Å². The minimum Gasteiger partial charge on any atom is -0.479 e. The summed E-state index contributed by atoms with van der Waals surface area (Å²) < 4.78 is 44.3. The van der Waals surface area contributed by atoms with Crippen LogP contribution in [0.25, 0.3) is 0 Å². The minimum absolute atomic E-state index is 0.0470. The van der Waals surface area contributed by atoms with Gasteiger partial charge in [-0.2, -0.15) is 25.8 Å². The van der Waals surface area contributed by atoms with Gasteiger partial charge in [0, 0.05) is 36.1 Å². The quantitative estimate of drug-likeness (QED) is 0.0276. The first-order valence-electron chi connectivity index (χ1n) is 12.5. The summed E-state index contributed by atoms with van der Waals surface area (Å²) in [5.74, 6) is 7.04. The molecule has 1 saturated carbocycles. The van der Waals surface area contributed by atoms with Crippen molar-refractivity contribution in [2.24, 2.45) is 32.9 Å². The summed E-state index contributed by atoms with van der Waals surface area (Å²) in [6.45, 7) is 4.40. The van der Waals surface area contributed by atoms with Crippen LogP contribution in [0, 0.1) is 11.3 Å². The Kier molecular flexibility index (Phi) is 12.9. The van der Waals surface area contributed by atoms with E-state index in [2.05, 4.69) is 39.9 Å². The highest BCUT2D eigenvalue weighted by Crippen LogP contribution is 2.59. The van der Waals surface area contributed by atoms with Gasteiger partial charge in [-0.25, -0.2) is 0 Å². The third-order valence-corrected chi connectivity index (χ3v) is 6.60. The predicted molar refractivity (Wildman–Crippen MR) is 148 cm³/mol. The lowest BCUT2D eigenvalue weighted by atomic mass is 9.89. The van der Waals surface area contributed by atoms with Gasteiger partial charge in [0.1, 0.15) is 5.84 Å². The fourth-order valence-electron chi connectivity index (χ4n) is 4.01. The van der Waals surface area contributed by atoms with Gasteiger partial charge in [0.15, 0.2) is 5.88 Å². The molecule has 206 valence electrons. The molecule has 11 heteroatoms. The molecule has 1 atom stereocenters. The van der Waals surface area contributed by atoms with Crippen LogP contribution in [0.1, 0.15) is 51.4 Å². The van der Waals surface area contributed by atoms with Gasteiger partial charge in [0.25, 0.3) is 0 Å². The lowest BCUT2D eigenvalue weighted by molar-refractivity contribution is -0.191. The van der Waals surface area contributed by atoms with Crippen molar-refractivity contribution in [2.45, 2.75) is 57.5 Å². The van der Waals surface area contributed by atoms with Crippen LogP contribution in [-0.4, -0.2) is 37.3 Å². The van der Waals surface area contributed by atoms with Gasteiger partial charge in [0.2, 0.25) is 0 Å². The molecule has 0 heterocycles. The number of halogens is 3. The largest absolute Gasteiger partial charge is 0.479 e. The van der Waals surface area contributed by atoms with Crippen molar-refractivity contribution in [1.82, 2.24) is 10.7 Å². The average Bonchev–Trinajstić information content (AvgIpc) is 3.66. The maximum atomic E-state index is 13.0. The van der Waals surface area contributed by atoms with Gasteiger partial charge in [0.05, 0.1) is 17.9 Å². The second-order valence-corrected chi connectivity index (χ2v) is 9.39. The van der Waals surface area contributed by atoms with Crippen molar-refractivity contribution in [3.63, 3.8) is 0 Å². The van der Waals surface area contributed by atoms with Crippen molar-refractivity contribution < 1.29 is 17.9 Å². The maximum absolute atomic E-state index is 13.0. The zero-order chi connectivity index (χ0) is 27.2. The monoisotopic (exact) mass is 540 g/mol. The number of hydrogen-bond acceptors (Lipinski definition) is 7. The molecular weight excluding hydrogens is 501 g/mol. The van der Waals surface area contributed by atoms with E-state index in [-0.39, 0.29) is 37.7 Å². The molecule has 0 amide bonds. The van der Waals surface area contributed by atoms with Crippen molar-refractivity contribution >= 4 is 24.7 Å². The smallest absolute Gasteiger partial charge is 0.394 e. The second-order valence-electron chi connectivity index (χ2n) is 9.11. The highest BCUT2D eigenvalue weighted by atomic mass is 32.1. The number of thiol groups is 1. The Balaban J connectivity index is 1.78. The second kappa shape index (κ2) is 15.6. The number of aliphatic imine (C=N–C) groups is 2. The van der Waals surface area contributed by atoms with Gasteiger partial charge in [-0.3, -0.25) is 15.8 Å². The van der Waals surface area contributed by atoms with E-state index in [1.54, 1.807) is 6.08 Å². The summed E-state index contributed by atoms with van der Waals surface area (Å²) in [5.41, 5.74) is 8.76. The van der Waals surface area contributed by atoms with Crippen LogP contribution < -0.4 is 22.3 Å². The molecule has 37 heavy (non-hydrogen) atoms. The molecule has 0 aromatic carbocycles. The zero-order valence-electron chi connectivity index (χ0n) is 21.1. The number of hydrogen-bond donors (Lipinski definition) is 5. The van der Waals surface area contributed by atoms with E-state index in [1.807, 2.05) is 24.3 Å². The third kappa shape index (κ3) is 10.7. The van der Waals surface area contributed by atoms with Crippen molar-refractivity contribution in [3.8, 4) is 0 Å². The van der Waals surface area contributed by atoms with Gasteiger partial charge in [-0.05, 0) is 56.8 Å². The number of nitrogens with zero attached hydrogens (tertiary/aromatic N) is 2. The number of rotatable bonds is 16. The number of hydrazine groups is 1. The van der Waals surface area contributed by atoms with Gasteiger partial charge in [-0.1, -0.05) is 31.6 Å². The molecule has 0 radical (unpaired) electrons. The number of unbranched alkanes of at least 4 members (excludes halogenated alkanes) is 2. The summed E-state index contributed by atoms with van der Waals surface area (Å²) in [5, 5.41) is 3.30. The Morgan fingerprint density at radius 2 is 2.05 bits per heavy atom. The molecule has 0 saturated heterocycles.